The summed E-state index contributed by atoms with van der Waals surface area (Å²) in [4.78, 5) is 0.119. The maximum atomic E-state index is 12.8. The molecule has 0 amide bonds. The van der Waals surface area contributed by atoms with Crippen LogP contribution in [0.3, 0.4) is 0 Å². The summed E-state index contributed by atoms with van der Waals surface area (Å²) in [7, 11) is -2.31. The molecule has 0 saturated heterocycles. The van der Waals surface area contributed by atoms with Gasteiger partial charge in [-0.25, -0.2) is 8.42 Å². The van der Waals surface area contributed by atoms with Gasteiger partial charge in [0.2, 0.25) is 0 Å². The van der Waals surface area contributed by atoms with E-state index in [0.29, 0.717) is 18.1 Å². The number of benzene rings is 1. The lowest BCUT2D eigenvalue weighted by Crippen LogP contribution is -2.24. The number of fused-ring (bicyclic) bond motifs is 1. The Morgan fingerprint density at radius 3 is 2.74 bits per heavy atom. The Labute approximate surface area is 135 Å². The molecule has 7 nitrogen and oxygen atoms in total. The fraction of sp³-hybridized carbons (Fsp3) is 0.400. The number of aromatic amines is 1. The number of hydrogen-bond donors (Lipinski definition) is 3. The van der Waals surface area contributed by atoms with E-state index >= 15 is 0 Å². The fourth-order valence-corrected chi connectivity index (χ4v) is 3.92. The highest BCUT2D eigenvalue weighted by atomic mass is 32.2. The summed E-state index contributed by atoms with van der Waals surface area (Å²) in [5.41, 5.74) is 3.69. The summed E-state index contributed by atoms with van der Waals surface area (Å²) in [5.74, 6) is 0.688. The van der Waals surface area contributed by atoms with Gasteiger partial charge < -0.3 is 10.1 Å². The monoisotopic (exact) mass is 336 g/mol. The van der Waals surface area contributed by atoms with Crippen molar-refractivity contribution in [3.63, 3.8) is 0 Å². The molecule has 1 aliphatic heterocycles. The van der Waals surface area contributed by atoms with E-state index in [-0.39, 0.29) is 4.90 Å². The smallest absolute Gasteiger partial charge is 0.266 e. The van der Waals surface area contributed by atoms with Gasteiger partial charge in [-0.05, 0) is 50.1 Å². The molecule has 8 heteroatoms. The molecule has 0 unspecified atom stereocenters. The predicted molar refractivity (Wildman–Crippen MR) is 87.3 cm³/mol. The topological polar surface area (TPSA) is 96.1 Å². The zero-order valence-corrected chi connectivity index (χ0v) is 14.2. The van der Waals surface area contributed by atoms with Gasteiger partial charge in [-0.2, -0.15) is 5.10 Å². The molecule has 2 aromatic rings. The average molecular weight is 336 g/mol. The summed E-state index contributed by atoms with van der Waals surface area (Å²) in [6.45, 7) is 5.25. The summed E-state index contributed by atoms with van der Waals surface area (Å²) in [6.07, 6.45) is 0.730. The van der Waals surface area contributed by atoms with Crippen LogP contribution in [-0.4, -0.2) is 32.3 Å². The van der Waals surface area contributed by atoms with Crippen molar-refractivity contribution >= 4 is 15.8 Å². The Morgan fingerprint density at radius 2 is 2.00 bits per heavy atom. The number of aromatic nitrogens is 2. The van der Waals surface area contributed by atoms with E-state index in [0.717, 1.165) is 35.3 Å². The average Bonchev–Trinajstić information content (AvgIpc) is 2.92. The number of anilines is 1. The van der Waals surface area contributed by atoms with Crippen molar-refractivity contribution in [1.29, 1.82) is 0 Å². The van der Waals surface area contributed by atoms with Crippen molar-refractivity contribution in [2.75, 3.05) is 18.4 Å². The third-order valence-corrected chi connectivity index (χ3v) is 5.47. The number of aryl methyl sites for hydroxylation is 2. The first-order chi connectivity index (χ1) is 10.9. The van der Waals surface area contributed by atoms with Crippen LogP contribution >= 0.6 is 0 Å². The molecule has 124 valence electrons. The molecule has 3 rings (SSSR count). The third kappa shape index (κ3) is 2.91. The number of H-pyrrole nitrogens is 1. The number of methoxy groups -OCH3 is 1. The van der Waals surface area contributed by atoms with Gasteiger partial charge in [0.15, 0.2) is 5.82 Å². The highest BCUT2D eigenvalue weighted by Crippen LogP contribution is 2.30. The highest BCUT2D eigenvalue weighted by Gasteiger charge is 2.25. The molecule has 23 heavy (non-hydrogen) atoms. The lowest BCUT2D eigenvalue weighted by Gasteiger charge is -2.15. The molecule has 0 radical (unpaired) electrons. The van der Waals surface area contributed by atoms with Gasteiger partial charge in [-0.15, -0.1) is 0 Å². The Hall–Kier alpha value is -2.06. The summed E-state index contributed by atoms with van der Waals surface area (Å²) < 4.78 is 33.4. The number of ether oxygens (including phenoxy) is 1. The molecule has 0 spiro atoms. The van der Waals surface area contributed by atoms with Crippen LogP contribution in [0.1, 0.15) is 22.4 Å². The van der Waals surface area contributed by atoms with Crippen LogP contribution in [0.25, 0.3) is 0 Å². The van der Waals surface area contributed by atoms with E-state index in [9.17, 15) is 8.42 Å². The van der Waals surface area contributed by atoms with Crippen molar-refractivity contribution in [2.45, 2.75) is 31.7 Å². The molecule has 0 saturated carbocycles. The lowest BCUT2D eigenvalue weighted by molar-refractivity contribution is 0.402. The van der Waals surface area contributed by atoms with Gasteiger partial charge in [0, 0.05) is 12.1 Å². The summed E-state index contributed by atoms with van der Waals surface area (Å²) in [5, 5.41) is 10.2. The van der Waals surface area contributed by atoms with E-state index in [1.807, 2.05) is 13.8 Å². The van der Waals surface area contributed by atoms with Gasteiger partial charge in [-0.3, -0.25) is 9.82 Å². The van der Waals surface area contributed by atoms with Gasteiger partial charge in [0.25, 0.3) is 10.0 Å². The van der Waals surface area contributed by atoms with Crippen LogP contribution in [0.4, 0.5) is 5.82 Å². The van der Waals surface area contributed by atoms with E-state index in [2.05, 4.69) is 20.2 Å². The molecule has 2 heterocycles. The van der Waals surface area contributed by atoms with Crippen LogP contribution in [0, 0.1) is 13.8 Å². The van der Waals surface area contributed by atoms with Crippen LogP contribution < -0.4 is 14.8 Å². The van der Waals surface area contributed by atoms with Crippen LogP contribution in [0.5, 0.6) is 5.75 Å². The second-order valence-electron chi connectivity index (χ2n) is 5.65. The van der Waals surface area contributed by atoms with Crippen molar-refractivity contribution in [3.8, 4) is 5.75 Å². The van der Waals surface area contributed by atoms with E-state index in [1.165, 1.54) is 7.11 Å². The lowest BCUT2D eigenvalue weighted by atomic mass is 10.1. The minimum Gasteiger partial charge on any atom is -0.495 e. The van der Waals surface area contributed by atoms with Gasteiger partial charge in [0.1, 0.15) is 10.6 Å². The number of nitrogens with zero attached hydrogens (tertiary/aromatic N) is 1. The molecule has 1 aromatic carbocycles. The van der Waals surface area contributed by atoms with E-state index in [1.54, 1.807) is 12.1 Å². The molecular formula is C15H20N4O3S. The van der Waals surface area contributed by atoms with Crippen LogP contribution in [0.15, 0.2) is 17.0 Å². The second-order valence-corrected chi connectivity index (χ2v) is 7.30. The molecule has 3 N–H and O–H groups in total. The Balaban J connectivity index is 2.00. The van der Waals surface area contributed by atoms with E-state index in [4.69, 9.17) is 4.74 Å². The zero-order chi connectivity index (χ0) is 16.6. The normalized spacial score (nSPS) is 14.4. The first-order valence-corrected chi connectivity index (χ1v) is 8.85. The summed E-state index contributed by atoms with van der Waals surface area (Å²) in [6, 6.07) is 3.35. The number of sulfonamides is 1. The van der Waals surface area contributed by atoms with Gasteiger partial charge >= 0.3 is 0 Å². The largest absolute Gasteiger partial charge is 0.495 e. The van der Waals surface area contributed by atoms with Crippen molar-refractivity contribution in [1.82, 2.24) is 15.5 Å². The minimum atomic E-state index is -3.78. The maximum absolute atomic E-state index is 12.8. The fourth-order valence-electron chi connectivity index (χ4n) is 2.64. The number of nitrogens with one attached hydrogen (secondary N) is 3. The van der Waals surface area contributed by atoms with Crippen molar-refractivity contribution in [3.05, 3.63) is 34.5 Å². The van der Waals surface area contributed by atoms with Crippen molar-refractivity contribution < 1.29 is 13.2 Å². The molecule has 0 atom stereocenters. The molecular weight excluding hydrogens is 316 g/mol. The first kappa shape index (κ1) is 15.8. The Kier molecular flexibility index (Phi) is 4.03. The zero-order valence-electron chi connectivity index (χ0n) is 13.4. The third-order valence-electron chi connectivity index (χ3n) is 4.11. The summed E-state index contributed by atoms with van der Waals surface area (Å²) >= 11 is 0. The van der Waals surface area contributed by atoms with Crippen LogP contribution in [0.2, 0.25) is 0 Å². The molecule has 1 aliphatic rings. The Morgan fingerprint density at radius 1 is 1.26 bits per heavy atom. The Bertz CT molecular complexity index is 843. The van der Waals surface area contributed by atoms with Crippen molar-refractivity contribution in [2.24, 2.45) is 0 Å². The van der Waals surface area contributed by atoms with Gasteiger partial charge in [-0.1, -0.05) is 0 Å². The molecule has 0 bridgehead atoms. The number of rotatable bonds is 4. The minimum absolute atomic E-state index is 0.119. The SMILES string of the molecule is COc1cc(C)c(C)cc1S(=O)(=O)Nc1n[nH]c2c1CCNC2. The predicted octanol–water partition coefficient (Wildman–Crippen LogP) is 1.48. The maximum Gasteiger partial charge on any atom is 0.266 e. The molecule has 0 fully saturated rings. The number of hydrogen-bond acceptors (Lipinski definition) is 5. The first-order valence-electron chi connectivity index (χ1n) is 7.37. The van der Waals surface area contributed by atoms with Gasteiger partial charge in [0.05, 0.1) is 12.8 Å². The second kappa shape index (κ2) is 5.86. The molecule has 1 aromatic heterocycles. The quantitative estimate of drug-likeness (QED) is 0.786. The standard InChI is InChI=1S/C15H20N4O3S/c1-9-6-13(22-3)14(7-10(9)2)23(20,21)19-15-11-4-5-16-8-12(11)17-18-15/h6-7,16H,4-5,8H2,1-3H3,(H2,17,18,19). The van der Waals surface area contributed by atoms with E-state index < -0.39 is 10.0 Å². The van der Waals surface area contributed by atoms with Crippen LogP contribution in [-0.2, 0) is 23.0 Å². The highest BCUT2D eigenvalue weighted by molar-refractivity contribution is 7.92. The molecule has 0 aliphatic carbocycles.